The molecule has 0 saturated heterocycles. The normalized spacial score (nSPS) is 12.4. The van der Waals surface area contributed by atoms with Gasteiger partial charge in [0.05, 0.1) is 12.7 Å². The summed E-state index contributed by atoms with van der Waals surface area (Å²) in [6.07, 6.45) is 0. The van der Waals surface area contributed by atoms with Crippen molar-refractivity contribution < 1.29 is 44.8 Å². The standard InChI is InChI=1S/C13H14F3NO7S/c1-12(2,3)23-10(18)7-5-8(11(19)22-4)17-9(6-7)24-25(20,21)13(14,15)16/h5-6H,1-4H3. The van der Waals surface area contributed by atoms with Crippen LogP contribution in [-0.2, 0) is 19.6 Å². The molecule has 1 aromatic heterocycles. The van der Waals surface area contributed by atoms with Crippen molar-refractivity contribution in [2.45, 2.75) is 31.9 Å². The van der Waals surface area contributed by atoms with Crippen LogP contribution in [0.3, 0.4) is 0 Å². The highest BCUT2D eigenvalue weighted by Gasteiger charge is 2.49. The highest BCUT2D eigenvalue weighted by atomic mass is 32.2. The molecule has 0 atom stereocenters. The monoisotopic (exact) mass is 385 g/mol. The predicted octanol–water partition coefficient (Wildman–Crippen LogP) is 2.05. The van der Waals surface area contributed by atoms with Crippen LogP contribution in [0.2, 0.25) is 0 Å². The molecule has 0 unspecified atom stereocenters. The molecule has 140 valence electrons. The molecule has 0 amide bonds. The zero-order valence-corrected chi connectivity index (χ0v) is 14.3. The first-order chi connectivity index (χ1) is 11.2. The van der Waals surface area contributed by atoms with Crippen LogP contribution in [-0.4, -0.2) is 43.6 Å². The van der Waals surface area contributed by atoms with Crippen LogP contribution in [0.1, 0.15) is 41.6 Å². The van der Waals surface area contributed by atoms with Crippen LogP contribution in [0.4, 0.5) is 13.2 Å². The Hall–Kier alpha value is -2.37. The van der Waals surface area contributed by atoms with E-state index in [1.807, 2.05) is 0 Å². The van der Waals surface area contributed by atoms with Gasteiger partial charge in [-0.05, 0) is 26.8 Å². The molecular formula is C13H14F3NO7S. The molecule has 0 radical (unpaired) electrons. The lowest BCUT2D eigenvalue weighted by molar-refractivity contribution is -0.0501. The molecule has 0 aromatic carbocycles. The SMILES string of the molecule is COC(=O)c1cc(C(=O)OC(C)(C)C)cc(OS(=O)(=O)C(F)(F)F)n1. The highest BCUT2D eigenvalue weighted by molar-refractivity contribution is 7.87. The first-order valence-corrected chi connectivity index (χ1v) is 7.91. The molecule has 8 nitrogen and oxygen atoms in total. The lowest BCUT2D eigenvalue weighted by Crippen LogP contribution is -2.29. The molecule has 0 aliphatic carbocycles. The number of hydrogen-bond donors (Lipinski definition) is 0. The number of carbonyl (C=O) groups is 2. The highest BCUT2D eigenvalue weighted by Crippen LogP contribution is 2.27. The molecule has 0 saturated carbocycles. The van der Waals surface area contributed by atoms with Crippen LogP contribution < -0.4 is 4.18 Å². The average Bonchev–Trinajstić information content (AvgIpc) is 2.42. The summed E-state index contributed by atoms with van der Waals surface area (Å²) in [5, 5.41) is 0. The third kappa shape index (κ3) is 5.59. The Morgan fingerprint density at radius 2 is 1.64 bits per heavy atom. The third-order valence-electron chi connectivity index (χ3n) is 2.31. The molecule has 0 fully saturated rings. The minimum atomic E-state index is -6.04. The minimum absolute atomic E-state index is 0.447. The molecule has 12 heteroatoms. The third-order valence-corrected chi connectivity index (χ3v) is 3.27. The van der Waals surface area contributed by atoms with Crippen molar-refractivity contribution in [3.63, 3.8) is 0 Å². The molecule has 1 heterocycles. The Bertz CT molecular complexity index is 782. The van der Waals surface area contributed by atoms with E-state index in [-0.39, 0.29) is 0 Å². The van der Waals surface area contributed by atoms with E-state index in [9.17, 15) is 31.2 Å². The molecule has 1 aromatic rings. The number of hydrogen-bond acceptors (Lipinski definition) is 8. The summed E-state index contributed by atoms with van der Waals surface area (Å²) in [5.41, 5.74) is -7.76. The summed E-state index contributed by atoms with van der Waals surface area (Å²) in [7, 11) is -5.09. The lowest BCUT2D eigenvalue weighted by Gasteiger charge is -2.19. The van der Waals surface area contributed by atoms with Gasteiger partial charge < -0.3 is 13.7 Å². The molecule has 0 bridgehead atoms. The number of halogens is 3. The van der Waals surface area contributed by atoms with Crippen molar-refractivity contribution in [1.82, 2.24) is 4.98 Å². The maximum atomic E-state index is 12.4. The van der Waals surface area contributed by atoms with Crippen molar-refractivity contribution in [1.29, 1.82) is 0 Å². The first-order valence-electron chi connectivity index (χ1n) is 6.51. The van der Waals surface area contributed by atoms with Crippen molar-refractivity contribution in [2.75, 3.05) is 7.11 Å². The smallest absolute Gasteiger partial charge is 0.464 e. The Kier molecular flexibility index (Phi) is 5.67. The molecule has 25 heavy (non-hydrogen) atoms. The summed E-state index contributed by atoms with van der Waals surface area (Å²) in [6, 6.07) is 1.47. The maximum Gasteiger partial charge on any atom is 0.534 e. The summed E-state index contributed by atoms with van der Waals surface area (Å²) in [4.78, 5) is 26.8. The number of carbonyl (C=O) groups excluding carboxylic acids is 2. The van der Waals surface area contributed by atoms with Gasteiger partial charge in [0, 0.05) is 6.07 Å². The van der Waals surface area contributed by atoms with Crippen molar-refractivity contribution >= 4 is 22.1 Å². The first kappa shape index (κ1) is 20.7. The number of aromatic nitrogens is 1. The van der Waals surface area contributed by atoms with Crippen molar-refractivity contribution in [3.8, 4) is 5.88 Å². The topological polar surface area (TPSA) is 109 Å². The fourth-order valence-electron chi connectivity index (χ4n) is 1.37. The van der Waals surface area contributed by atoms with Gasteiger partial charge in [0.25, 0.3) is 0 Å². The van der Waals surface area contributed by atoms with E-state index in [0.717, 1.165) is 13.2 Å². The predicted molar refractivity (Wildman–Crippen MR) is 76.3 cm³/mol. The van der Waals surface area contributed by atoms with Gasteiger partial charge in [-0.15, -0.1) is 0 Å². The largest absolute Gasteiger partial charge is 0.534 e. The van der Waals surface area contributed by atoms with E-state index >= 15 is 0 Å². The van der Waals surface area contributed by atoms with E-state index in [0.29, 0.717) is 6.07 Å². The van der Waals surface area contributed by atoms with Gasteiger partial charge >= 0.3 is 27.6 Å². The summed E-state index contributed by atoms with van der Waals surface area (Å²) in [6.45, 7) is 4.58. The Labute approximate surface area is 141 Å². The number of esters is 2. The minimum Gasteiger partial charge on any atom is -0.464 e. The average molecular weight is 385 g/mol. The fraction of sp³-hybridized carbons (Fsp3) is 0.462. The quantitative estimate of drug-likeness (QED) is 0.440. The summed E-state index contributed by atoms with van der Waals surface area (Å²) < 4.78 is 72.5. The van der Waals surface area contributed by atoms with E-state index in [1.165, 1.54) is 20.8 Å². The van der Waals surface area contributed by atoms with E-state index in [2.05, 4.69) is 13.9 Å². The van der Waals surface area contributed by atoms with Crippen LogP contribution >= 0.6 is 0 Å². The molecule has 0 spiro atoms. The molecule has 0 aliphatic rings. The van der Waals surface area contributed by atoms with Crippen LogP contribution in [0, 0.1) is 0 Å². The molecular weight excluding hydrogens is 371 g/mol. The van der Waals surface area contributed by atoms with E-state index in [1.54, 1.807) is 0 Å². The zero-order chi connectivity index (χ0) is 19.6. The van der Waals surface area contributed by atoms with Gasteiger partial charge in [-0.25, -0.2) is 14.6 Å². The van der Waals surface area contributed by atoms with Crippen molar-refractivity contribution in [2.24, 2.45) is 0 Å². The Morgan fingerprint density at radius 3 is 2.08 bits per heavy atom. The van der Waals surface area contributed by atoms with Gasteiger partial charge in [-0.3, -0.25) is 0 Å². The van der Waals surface area contributed by atoms with E-state index < -0.39 is 50.3 Å². The summed E-state index contributed by atoms with van der Waals surface area (Å²) >= 11 is 0. The van der Waals surface area contributed by atoms with Crippen molar-refractivity contribution in [3.05, 3.63) is 23.4 Å². The number of methoxy groups -OCH3 is 1. The molecule has 1 rings (SSSR count). The number of rotatable bonds is 4. The van der Waals surface area contributed by atoms with Crippen LogP contribution in [0.25, 0.3) is 0 Å². The Morgan fingerprint density at radius 1 is 1.08 bits per heavy atom. The number of alkyl halides is 3. The van der Waals surface area contributed by atoms with Gasteiger partial charge in [0.2, 0.25) is 5.88 Å². The molecule has 0 aliphatic heterocycles. The van der Waals surface area contributed by atoms with Crippen LogP contribution in [0.5, 0.6) is 5.88 Å². The zero-order valence-electron chi connectivity index (χ0n) is 13.5. The lowest BCUT2D eigenvalue weighted by atomic mass is 10.1. The fourth-order valence-corrected chi connectivity index (χ4v) is 1.78. The van der Waals surface area contributed by atoms with Gasteiger partial charge in [-0.1, -0.05) is 0 Å². The number of pyridine rings is 1. The number of nitrogens with zero attached hydrogens (tertiary/aromatic N) is 1. The Balaban J connectivity index is 3.37. The van der Waals surface area contributed by atoms with Gasteiger partial charge in [-0.2, -0.15) is 21.6 Å². The summed E-state index contributed by atoms with van der Waals surface area (Å²) in [5.74, 6) is -3.30. The van der Waals surface area contributed by atoms with Crippen LogP contribution in [0.15, 0.2) is 12.1 Å². The number of ether oxygens (including phenoxy) is 2. The van der Waals surface area contributed by atoms with Gasteiger partial charge in [0.1, 0.15) is 5.60 Å². The van der Waals surface area contributed by atoms with E-state index in [4.69, 9.17) is 4.74 Å². The maximum absolute atomic E-state index is 12.4. The second-order valence-electron chi connectivity index (χ2n) is 5.56. The van der Waals surface area contributed by atoms with Gasteiger partial charge in [0.15, 0.2) is 5.69 Å². The second kappa shape index (κ2) is 6.86. The molecule has 0 N–H and O–H groups in total. The second-order valence-corrected chi connectivity index (χ2v) is 7.09.